The van der Waals surface area contributed by atoms with Gasteiger partial charge in [-0.2, -0.15) is 13.2 Å². The Bertz CT molecular complexity index is 723. The van der Waals surface area contributed by atoms with E-state index in [0.29, 0.717) is 0 Å². The van der Waals surface area contributed by atoms with Crippen molar-refractivity contribution < 1.29 is 13.2 Å². The summed E-state index contributed by atoms with van der Waals surface area (Å²) in [7, 11) is 0. The van der Waals surface area contributed by atoms with Gasteiger partial charge in [-0.25, -0.2) is 9.97 Å². The molecule has 0 atom stereocenters. The smallest absolute Gasteiger partial charge is 0.367 e. The summed E-state index contributed by atoms with van der Waals surface area (Å²) in [6, 6.07) is 11.2. The molecule has 0 radical (unpaired) electrons. The Morgan fingerprint density at radius 1 is 1.12 bits per heavy atom. The number of alkyl halides is 3. The highest BCUT2D eigenvalue weighted by Gasteiger charge is 2.33. The lowest BCUT2D eigenvalue weighted by molar-refractivity contribution is -0.141. The van der Waals surface area contributed by atoms with E-state index in [2.05, 4.69) is 44.5 Å². The Balaban J connectivity index is 1.46. The van der Waals surface area contributed by atoms with Gasteiger partial charge in [0.2, 0.25) is 0 Å². The standard InChI is InChI=1S/C19H21F3N4/c20-19(21,22)17-13-18(24-14-23-17)25-16-8-11-26(12-9-16)10-4-7-15-5-2-1-3-6-15/h1-7,13-14,16H,8-12H2,(H,23,24,25)/b7-4+. The third-order valence-corrected chi connectivity index (χ3v) is 4.37. The van der Waals surface area contributed by atoms with Gasteiger partial charge in [0.15, 0.2) is 0 Å². The number of nitrogens with one attached hydrogen (secondary N) is 1. The van der Waals surface area contributed by atoms with Crippen molar-refractivity contribution in [1.29, 1.82) is 0 Å². The maximum atomic E-state index is 12.7. The van der Waals surface area contributed by atoms with E-state index in [0.717, 1.165) is 44.9 Å². The molecule has 2 aromatic rings. The summed E-state index contributed by atoms with van der Waals surface area (Å²) in [5.41, 5.74) is 0.256. The quantitative estimate of drug-likeness (QED) is 0.870. The van der Waals surface area contributed by atoms with Crippen LogP contribution in [-0.4, -0.2) is 40.5 Å². The van der Waals surface area contributed by atoms with E-state index in [1.807, 2.05) is 18.2 Å². The summed E-state index contributed by atoms with van der Waals surface area (Å²) in [6.07, 6.45) is 2.48. The van der Waals surface area contributed by atoms with Crippen molar-refractivity contribution >= 4 is 11.9 Å². The molecule has 2 heterocycles. The maximum absolute atomic E-state index is 12.7. The zero-order chi connectivity index (χ0) is 18.4. The molecular formula is C19H21F3N4. The minimum atomic E-state index is -4.45. The number of piperidine rings is 1. The number of aromatic nitrogens is 2. The van der Waals surface area contributed by atoms with E-state index in [-0.39, 0.29) is 11.9 Å². The predicted molar refractivity (Wildman–Crippen MR) is 95.6 cm³/mol. The van der Waals surface area contributed by atoms with Crippen LogP contribution < -0.4 is 5.32 Å². The molecule has 1 aliphatic rings. The van der Waals surface area contributed by atoms with Crippen LogP contribution in [-0.2, 0) is 6.18 Å². The van der Waals surface area contributed by atoms with E-state index in [9.17, 15) is 13.2 Å². The number of rotatable bonds is 5. The van der Waals surface area contributed by atoms with Gasteiger partial charge < -0.3 is 5.32 Å². The van der Waals surface area contributed by atoms with Gasteiger partial charge in [0.25, 0.3) is 0 Å². The summed E-state index contributed by atoms with van der Waals surface area (Å²) >= 11 is 0. The van der Waals surface area contributed by atoms with Gasteiger partial charge in [-0.1, -0.05) is 42.5 Å². The number of hydrogen-bond acceptors (Lipinski definition) is 4. The summed E-state index contributed by atoms with van der Waals surface area (Å²) in [4.78, 5) is 9.52. The fraction of sp³-hybridized carbons (Fsp3) is 0.368. The molecule has 1 saturated heterocycles. The van der Waals surface area contributed by atoms with E-state index >= 15 is 0 Å². The first kappa shape index (κ1) is 18.4. The van der Waals surface area contributed by atoms with Crippen molar-refractivity contribution in [3.63, 3.8) is 0 Å². The fourth-order valence-electron chi connectivity index (χ4n) is 2.96. The van der Waals surface area contributed by atoms with E-state index in [1.165, 1.54) is 5.56 Å². The summed E-state index contributed by atoms with van der Waals surface area (Å²) in [6.45, 7) is 2.66. The summed E-state index contributed by atoms with van der Waals surface area (Å²) in [5.74, 6) is 0.231. The molecule has 4 nitrogen and oxygen atoms in total. The van der Waals surface area contributed by atoms with Gasteiger partial charge in [-0.05, 0) is 18.4 Å². The molecule has 26 heavy (non-hydrogen) atoms. The predicted octanol–water partition coefficient (Wildman–Crippen LogP) is 4.09. The highest BCUT2D eigenvalue weighted by atomic mass is 19.4. The first-order valence-corrected chi connectivity index (χ1v) is 8.60. The largest absolute Gasteiger partial charge is 0.433 e. The third kappa shape index (κ3) is 5.29. The molecule has 138 valence electrons. The van der Waals surface area contributed by atoms with E-state index < -0.39 is 11.9 Å². The maximum Gasteiger partial charge on any atom is 0.433 e. The highest BCUT2D eigenvalue weighted by molar-refractivity contribution is 5.48. The Hall–Kier alpha value is -2.41. The zero-order valence-electron chi connectivity index (χ0n) is 14.3. The number of likely N-dealkylation sites (tertiary alicyclic amines) is 1. The first-order chi connectivity index (χ1) is 12.5. The van der Waals surface area contributed by atoms with Crippen LogP contribution in [0.4, 0.5) is 19.0 Å². The Morgan fingerprint density at radius 3 is 2.54 bits per heavy atom. The highest BCUT2D eigenvalue weighted by Crippen LogP contribution is 2.28. The molecule has 0 saturated carbocycles. The van der Waals surface area contributed by atoms with Crippen LogP contribution in [0.15, 0.2) is 48.8 Å². The topological polar surface area (TPSA) is 41.0 Å². The SMILES string of the molecule is FC(F)(F)c1cc(NC2CCN(C/C=C/c3ccccc3)CC2)ncn1. The number of halogens is 3. The van der Waals surface area contributed by atoms with Crippen LogP contribution >= 0.6 is 0 Å². The monoisotopic (exact) mass is 362 g/mol. The van der Waals surface area contributed by atoms with Crippen LogP contribution in [0.3, 0.4) is 0 Å². The minimum absolute atomic E-state index is 0.125. The molecule has 0 aliphatic carbocycles. The summed E-state index contributed by atoms with van der Waals surface area (Å²) in [5, 5.41) is 3.10. The van der Waals surface area contributed by atoms with Crippen molar-refractivity contribution in [3.8, 4) is 0 Å². The Morgan fingerprint density at radius 2 is 1.85 bits per heavy atom. The molecule has 3 rings (SSSR count). The van der Waals surface area contributed by atoms with Gasteiger partial charge in [-0.3, -0.25) is 4.90 Å². The molecule has 0 spiro atoms. The lowest BCUT2D eigenvalue weighted by Gasteiger charge is -2.31. The molecule has 0 unspecified atom stereocenters. The molecule has 1 N–H and O–H groups in total. The van der Waals surface area contributed by atoms with Gasteiger partial charge >= 0.3 is 6.18 Å². The summed E-state index contributed by atoms with van der Waals surface area (Å²) < 4.78 is 38.1. The second-order valence-corrected chi connectivity index (χ2v) is 6.32. The lowest BCUT2D eigenvalue weighted by Crippen LogP contribution is -2.39. The Kier molecular flexibility index (Phi) is 5.88. The lowest BCUT2D eigenvalue weighted by atomic mass is 10.0. The normalized spacial score (nSPS) is 16.9. The van der Waals surface area contributed by atoms with Gasteiger partial charge in [0, 0.05) is 31.7 Å². The Labute approximate surface area is 150 Å². The molecule has 0 bridgehead atoms. The van der Waals surface area contributed by atoms with Crippen LogP contribution in [0, 0.1) is 0 Å². The first-order valence-electron chi connectivity index (χ1n) is 8.60. The van der Waals surface area contributed by atoms with E-state index in [1.54, 1.807) is 0 Å². The fourth-order valence-corrected chi connectivity index (χ4v) is 2.96. The van der Waals surface area contributed by atoms with Crippen molar-refractivity contribution in [3.05, 3.63) is 60.1 Å². The van der Waals surface area contributed by atoms with Crippen LogP contribution in [0.1, 0.15) is 24.1 Å². The van der Waals surface area contributed by atoms with Crippen LogP contribution in [0.25, 0.3) is 6.08 Å². The van der Waals surface area contributed by atoms with E-state index in [4.69, 9.17) is 0 Å². The molecule has 1 aliphatic heterocycles. The second-order valence-electron chi connectivity index (χ2n) is 6.32. The number of benzene rings is 1. The second kappa shape index (κ2) is 8.31. The molecule has 1 aromatic carbocycles. The molecule has 1 aromatic heterocycles. The molecule has 1 fully saturated rings. The van der Waals surface area contributed by atoms with Gasteiger partial charge in [0.05, 0.1) is 0 Å². The van der Waals surface area contributed by atoms with Gasteiger partial charge in [-0.15, -0.1) is 0 Å². The molecule has 0 amide bonds. The zero-order valence-corrected chi connectivity index (χ0v) is 14.3. The molecule has 7 heteroatoms. The van der Waals surface area contributed by atoms with Crippen molar-refractivity contribution in [1.82, 2.24) is 14.9 Å². The van der Waals surface area contributed by atoms with Crippen LogP contribution in [0.5, 0.6) is 0 Å². The third-order valence-electron chi connectivity index (χ3n) is 4.37. The van der Waals surface area contributed by atoms with Crippen molar-refractivity contribution in [2.24, 2.45) is 0 Å². The van der Waals surface area contributed by atoms with Crippen molar-refractivity contribution in [2.75, 3.05) is 25.0 Å². The molecular weight excluding hydrogens is 341 g/mol. The average Bonchev–Trinajstić information content (AvgIpc) is 2.64. The number of nitrogens with zero attached hydrogens (tertiary/aromatic N) is 3. The van der Waals surface area contributed by atoms with Crippen LogP contribution in [0.2, 0.25) is 0 Å². The average molecular weight is 362 g/mol. The number of hydrogen-bond donors (Lipinski definition) is 1. The van der Waals surface area contributed by atoms with Gasteiger partial charge in [0.1, 0.15) is 17.8 Å². The van der Waals surface area contributed by atoms with Crippen molar-refractivity contribution in [2.45, 2.75) is 25.1 Å². The minimum Gasteiger partial charge on any atom is -0.367 e. The number of anilines is 1.